The number of carbonyl (C=O) groups excluding carboxylic acids is 1. The predicted molar refractivity (Wildman–Crippen MR) is 145 cm³/mol. The van der Waals surface area contributed by atoms with Gasteiger partial charge in [-0.25, -0.2) is 0 Å². The van der Waals surface area contributed by atoms with Crippen molar-refractivity contribution in [3.8, 4) is 0 Å². The molecule has 0 saturated heterocycles. The zero-order valence-corrected chi connectivity index (χ0v) is 21.9. The molecular weight excluding hydrogens is 418 g/mol. The van der Waals surface area contributed by atoms with Crippen LogP contribution in [0.5, 0.6) is 0 Å². The Labute approximate surface area is 208 Å². The minimum absolute atomic E-state index is 0.0596. The van der Waals surface area contributed by atoms with Gasteiger partial charge in [0.2, 0.25) is 5.91 Å². The maximum atomic E-state index is 12.4. The van der Waals surface area contributed by atoms with Crippen LogP contribution < -0.4 is 0 Å². The fraction of sp³-hybridized carbons (Fsp3) is 0.700. The molecule has 0 atom stereocenters. The first-order valence-corrected chi connectivity index (χ1v) is 14.3. The quantitative estimate of drug-likeness (QED) is 0.136. The zero-order chi connectivity index (χ0) is 24.1. The maximum absolute atomic E-state index is 12.4. The van der Waals surface area contributed by atoms with Gasteiger partial charge in [-0.1, -0.05) is 132 Å². The van der Waals surface area contributed by atoms with Gasteiger partial charge < -0.3 is 0 Å². The van der Waals surface area contributed by atoms with Crippen LogP contribution in [0.3, 0.4) is 0 Å². The van der Waals surface area contributed by atoms with Crippen LogP contribution in [-0.2, 0) is 0 Å². The Balaban J connectivity index is 1.29. The first-order valence-electron chi connectivity index (χ1n) is 14.3. The van der Waals surface area contributed by atoms with Crippen molar-refractivity contribution in [1.82, 2.24) is 15.0 Å². The van der Waals surface area contributed by atoms with Gasteiger partial charge in [-0.3, -0.25) is 4.79 Å². The number of carbonyl (C=O) groups is 1. The lowest BCUT2D eigenvalue weighted by molar-refractivity contribution is 0.0886. The summed E-state index contributed by atoms with van der Waals surface area (Å²) in [5.41, 5.74) is 1.60. The summed E-state index contributed by atoms with van der Waals surface area (Å²) in [6, 6.07) is 7.64. The first kappa shape index (κ1) is 28.3. The van der Waals surface area contributed by atoms with Crippen molar-refractivity contribution in [2.75, 3.05) is 0 Å². The Morgan fingerprint density at radius 3 is 1.71 bits per heavy atom. The van der Waals surface area contributed by atoms with Crippen molar-refractivity contribution in [2.45, 2.75) is 135 Å². The summed E-state index contributed by atoms with van der Waals surface area (Å²) < 4.78 is 1.46. The second-order valence-electron chi connectivity index (χ2n) is 9.86. The molecule has 0 amide bonds. The highest BCUT2D eigenvalue weighted by Gasteiger charge is 2.10. The third-order valence-corrected chi connectivity index (χ3v) is 6.84. The molecule has 2 aromatic rings. The van der Waals surface area contributed by atoms with E-state index in [2.05, 4.69) is 29.4 Å². The largest absolute Gasteiger partial charge is 0.273 e. The number of hydrogen-bond donors (Lipinski definition) is 0. The summed E-state index contributed by atoms with van der Waals surface area (Å²) in [5, 5.41) is 8.08. The van der Waals surface area contributed by atoms with Gasteiger partial charge in [-0.05, 0) is 38.3 Å². The number of nitrogens with zero attached hydrogens (tertiary/aromatic N) is 3. The van der Waals surface area contributed by atoms with Crippen molar-refractivity contribution < 1.29 is 4.79 Å². The smallest absolute Gasteiger partial charge is 0.248 e. The zero-order valence-electron chi connectivity index (χ0n) is 21.9. The molecule has 4 heteroatoms. The van der Waals surface area contributed by atoms with Gasteiger partial charge in [0.15, 0.2) is 0 Å². The number of hydrogen-bond acceptors (Lipinski definition) is 3. The van der Waals surface area contributed by atoms with E-state index in [9.17, 15) is 4.79 Å². The van der Waals surface area contributed by atoms with Crippen LogP contribution in [0.25, 0.3) is 11.0 Å². The number of aromatic nitrogens is 3. The van der Waals surface area contributed by atoms with Gasteiger partial charge in [-0.15, -0.1) is 5.10 Å². The van der Waals surface area contributed by atoms with Crippen LogP contribution in [0.15, 0.2) is 36.4 Å². The third kappa shape index (κ3) is 12.5. The SMILES string of the molecule is C/C=C/CCCCCCCCCCCCCCCCCCCCC(=O)n1nnc2ccccc21. The Kier molecular flexibility index (Phi) is 16.1. The molecule has 0 N–H and O–H groups in total. The van der Waals surface area contributed by atoms with E-state index >= 15 is 0 Å². The molecule has 190 valence electrons. The van der Waals surface area contributed by atoms with E-state index in [1.807, 2.05) is 24.3 Å². The summed E-state index contributed by atoms with van der Waals surface area (Å²) in [7, 11) is 0. The molecule has 0 radical (unpaired) electrons. The molecule has 0 spiro atoms. The third-order valence-electron chi connectivity index (χ3n) is 6.84. The van der Waals surface area contributed by atoms with Gasteiger partial charge >= 0.3 is 0 Å². The minimum Gasteiger partial charge on any atom is -0.273 e. The van der Waals surface area contributed by atoms with Crippen molar-refractivity contribution >= 4 is 16.9 Å². The van der Waals surface area contributed by atoms with Gasteiger partial charge in [0.1, 0.15) is 5.52 Å². The van der Waals surface area contributed by atoms with E-state index in [-0.39, 0.29) is 5.91 Å². The fourth-order valence-corrected chi connectivity index (χ4v) is 4.69. The van der Waals surface area contributed by atoms with Crippen molar-refractivity contribution in [3.63, 3.8) is 0 Å². The van der Waals surface area contributed by atoms with Crippen molar-refractivity contribution in [3.05, 3.63) is 36.4 Å². The van der Waals surface area contributed by atoms with Gasteiger partial charge in [-0.2, -0.15) is 4.68 Å². The Morgan fingerprint density at radius 1 is 0.706 bits per heavy atom. The molecule has 0 unspecified atom stereocenters. The number of benzene rings is 1. The molecule has 0 aliphatic carbocycles. The lowest BCUT2D eigenvalue weighted by atomic mass is 10.0. The summed E-state index contributed by atoms with van der Waals surface area (Å²) in [5.74, 6) is 0.0596. The summed E-state index contributed by atoms with van der Waals surface area (Å²) in [6.07, 6.45) is 30.7. The number of para-hydroxylation sites is 1. The molecule has 0 aliphatic rings. The van der Waals surface area contributed by atoms with Crippen molar-refractivity contribution in [2.24, 2.45) is 0 Å². The van der Waals surface area contributed by atoms with Gasteiger partial charge in [0.05, 0.1) is 5.52 Å². The number of fused-ring (bicyclic) bond motifs is 1. The molecule has 0 aliphatic heterocycles. The summed E-state index contributed by atoms with van der Waals surface area (Å²) in [6.45, 7) is 2.11. The number of rotatable bonds is 21. The first-order chi connectivity index (χ1) is 16.8. The van der Waals surface area contributed by atoms with Crippen molar-refractivity contribution in [1.29, 1.82) is 0 Å². The van der Waals surface area contributed by atoms with Gasteiger partial charge in [0, 0.05) is 6.42 Å². The lowest BCUT2D eigenvalue weighted by Crippen LogP contribution is -2.12. The second-order valence-corrected chi connectivity index (χ2v) is 9.86. The highest BCUT2D eigenvalue weighted by Crippen LogP contribution is 2.16. The fourth-order valence-electron chi connectivity index (χ4n) is 4.69. The van der Waals surface area contributed by atoms with E-state index in [0.717, 1.165) is 23.9 Å². The topological polar surface area (TPSA) is 47.8 Å². The molecule has 1 aromatic heterocycles. The molecule has 0 fully saturated rings. The summed E-state index contributed by atoms with van der Waals surface area (Å²) in [4.78, 5) is 12.4. The van der Waals surface area contributed by atoms with Crippen LogP contribution in [0.4, 0.5) is 0 Å². The molecular formula is C30H49N3O. The highest BCUT2D eigenvalue weighted by atomic mass is 16.2. The maximum Gasteiger partial charge on any atom is 0.248 e. The van der Waals surface area contributed by atoms with E-state index < -0.39 is 0 Å². The van der Waals surface area contributed by atoms with Gasteiger partial charge in [0.25, 0.3) is 0 Å². The Hall–Kier alpha value is -1.97. The molecule has 1 heterocycles. The molecule has 34 heavy (non-hydrogen) atoms. The Bertz CT molecular complexity index is 795. The Morgan fingerprint density at radius 2 is 1.18 bits per heavy atom. The van der Waals surface area contributed by atoms with E-state index in [1.165, 1.54) is 114 Å². The van der Waals surface area contributed by atoms with E-state index in [4.69, 9.17) is 0 Å². The normalized spacial score (nSPS) is 11.7. The second kappa shape index (κ2) is 19.3. The van der Waals surface area contributed by atoms with Crippen LogP contribution in [-0.4, -0.2) is 20.9 Å². The molecule has 2 rings (SSSR count). The van der Waals surface area contributed by atoms with E-state index in [1.54, 1.807) is 0 Å². The molecule has 4 nitrogen and oxygen atoms in total. The lowest BCUT2D eigenvalue weighted by Gasteiger charge is -2.04. The average Bonchev–Trinajstić information content (AvgIpc) is 3.29. The van der Waals surface area contributed by atoms with Crippen LogP contribution in [0.1, 0.15) is 140 Å². The summed E-state index contributed by atoms with van der Waals surface area (Å²) >= 11 is 0. The van der Waals surface area contributed by atoms with E-state index in [0.29, 0.717) is 6.42 Å². The monoisotopic (exact) mass is 467 g/mol. The highest BCUT2D eigenvalue weighted by molar-refractivity contribution is 5.88. The predicted octanol–water partition coefficient (Wildman–Crippen LogP) is 9.45. The van der Waals surface area contributed by atoms with Crippen LogP contribution >= 0.6 is 0 Å². The molecule has 0 saturated carbocycles. The minimum atomic E-state index is 0.0596. The molecule has 1 aromatic carbocycles. The number of allylic oxidation sites excluding steroid dienone is 2. The standard InChI is InChI=1S/C30H49N3O/c1-2-3-4-5-6-7-8-9-10-11-12-13-14-15-16-17-18-19-20-21-22-27-30(34)33-29-26-24-23-25-28(29)31-32-33/h2-3,23-26H,4-22,27H2,1H3/b3-2+. The van der Waals surface area contributed by atoms with Crippen LogP contribution in [0, 0.1) is 0 Å². The molecule has 0 bridgehead atoms. The average molecular weight is 468 g/mol. The van der Waals surface area contributed by atoms with Crippen LogP contribution in [0.2, 0.25) is 0 Å². The number of unbranched alkanes of at least 4 members (excludes halogenated alkanes) is 18.